The monoisotopic (exact) mass is 912 g/mol. The van der Waals surface area contributed by atoms with Crippen molar-refractivity contribution in [1.29, 1.82) is 0 Å². The van der Waals surface area contributed by atoms with Gasteiger partial charge >= 0.3 is 269 Å². The van der Waals surface area contributed by atoms with Crippen LogP contribution in [-0.2, 0) is 51.0 Å². The van der Waals surface area contributed by atoms with Gasteiger partial charge in [0.15, 0.2) is 0 Å². The van der Waals surface area contributed by atoms with Gasteiger partial charge in [-0.1, -0.05) is 60.7 Å². The molecule has 0 spiro atoms. The predicted molar refractivity (Wildman–Crippen MR) is 243 cm³/mol. The van der Waals surface area contributed by atoms with E-state index in [1.165, 1.54) is 57.3 Å². The summed E-state index contributed by atoms with van der Waals surface area (Å²) in [6, 6.07) is 58.7. The third kappa shape index (κ3) is 10.2. The Hall–Kier alpha value is -4.46. The van der Waals surface area contributed by atoms with Crippen molar-refractivity contribution in [2.45, 2.75) is 94.6 Å². The van der Waals surface area contributed by atoms with Crippen molar-refractivity contribution in [2.24, 2.45) is 0 Å². The van der Waals surface area contributed by atoms with Gasteiger partial charge in [-0.3, -0.25) is 0 Å². The van der Waals surface area contributed by atoms with E-state index in [-0.39, 0.29) is 10.8 Å². The van der Waals surface area contributed by atoms with Gasteiger partial charge in [-0.05, 0) is 24.0 Å². The summed E-state index contributed by atoms with van der Waals surface area (Å²) in [4.78, 5) is 0. The molecular weight excluding hydrogens is 851 g/mol. The summed E-state index contributed by atoms with van der Waals surface area (Å²) in [5.41, 5.74) is 15.0. The molecule has 0 N–H and O–H groups in total. The first-order valence-corrected chi connectivity index (χ1v) is 26.8. The molecule has 0 bridgehead atoms. The standard InChI is InChI=1S/C21H25.C16H16.C14H14.C5H5.Hf/c1-20(2,3)16-7-9-18-14(12-16)11-15-13-17(21(4,5)6)8-10-19(15)18;1-3-9-15(10-4-1)13-7-8-14-16-11-5-2-6-12-16;1-3-7-13(8-4-1)11-12-14-9-5-2-6-10-14;1-2-4-5-3-1;/h7-13H,1-6H3;1-6,9-12H,7-8,13H2;1-10H,11-12H2;1-3H,4H2;. The second-order valence-electron chi connectivity index (χ2n) is 17.9. The Morgan fingerprint density at radius 1 is 0.526 bits per heavy atom. The first kappa shape index (κ1) is 40.7. The van der Waals surface area contributed by atoms with E-state index < -0.39 is 21.0 Å². The Morgan fingerprint density at radius 3 is 1.39 bits per heavy atom. The second-order valence-corrected chi connectivity index (χ2v) is 27.5. The number of fused-ring (bicyclic) bond motifs is 3. The van der Waals surface area contributed by atoms with Gasteiger partial charge in [0.05, 0.1) is 0 Å². The van der Waals surface area contributed by atoms with Crippen LogP contribution < -0.4 is 0 Å². The Labute approximate surface area is 351 Å². The zero-order valence-corrected chi connectivity index (χ0v) is 38.7. The molecule has 2 aliphatic carbocycles. The van der Waals surface area contributed by atoms with E-state index in [4.69, 9.17) is 0 Å². The van der Waals surface area contributed by atoms with Crippen molar-refractivity contribution >= 4 is 3.26 Å². The van der Waals surface area contributed by atoms with Crippen molar-refractivity contribution < 1.29 is 21.0 Å². The van der Waals surface area contributed by atoms with Gasteiger partial charge in [-0.15, -0.1) is 0 Å². The van der Waals surface area contributed by atoms with E-state index in [0.717, 1.165) is 25.7 Å². The number of benzene rings is 6. The van der Waals surface area contributed by atoms with Crippen LogP contribution in [0.2, 0.25) is 0 Å². The summed E-state index contributed by atoms with van der Waals surface area (Å²) in [6.45, 7) is 14.2. The summed E-state index contributed by atoms with van der Waals surface area (Å²) in [6.07, 6.45) is 14.1. The second kappa shape index (κ2) is 18.4. The van der Waals surface area contributed by atoms with Crippen LogP contribution in [0.3, 0.4) is 0 Å². The zero-order valence-electron chi connectivity index (χ0n) is 35.1. The average molecular weight is 912 g/mol. The molecule has 0 aromatic heterocycles. The molecular formula is C56H60Hf. The number of hydrogen-bond acceptors (Lipinski definition) is 0. The number of allylic oxidation sites excluding steroid dienone is 4. The first-order valence-electron chi connectivity index (χ1n) is 21.1. The van der Waals surface area contributed by atoms with Gasteiger partial charge in [0.1, 0.15) is 0 Å². The molecule has 0 saturated carbocycles. The van der Waals surface area contributed by atoms with E-state index in [1.54, 1.807) is 17.7 Å². The molecule has 0 heterocycles. The van der Waals surface area contributed by atoms with Crippen LogP contribution in [0, 0.1) is 0 Å². The fraction of sp³-hybridized carbons (Fsp3) is 0.268. The van der Waals surface area contributed by atoms with Gasteiger partial charge in [-0.25, -0.2) is 0 Å². The molecule has 0 atom stereocenters. The van der Waals surface area contributed by atoms with Gasteiger partial charge in [0, 0.05) is 0 Å². The summed E-state index contributed by atoms with van der Waals surface area (Å²) in [7, 11) is 0. The molecule has 1 heteroatoms. The minimum Gasteiger partial charge on any atom is -0.0622 e. The Bertz CT molecular complexity index is 2230. The van der Waals surface area contributed by atoms with Crippen LogP contribution in [0.15, 0.2) is 179 Å². The Balaban J connectivity index is 0.000000297. The number of hydrogen-bond donors (Lipinski definition) is 0. The molecule has 8 rings (SSSR count). The zero-order chi connectivity index (χ0) is 39.8. The molecule has 0 nitrogen and oxygen atoms in total. The molecule has 6 aromatic carbocycles. The molecule has 6 aromatic rings. The maximum atomic E-state index is 2.61. The van der Waals surface area contributed by atoms with Gasteiger partial charge in [0.2, 0.25) is 0 Å². The third-order valence-corrected chi connectivity index (χ3v) is 24.1. The van der Waals surface area contributed by atoms with Crippen LogP contribution in [0.1, 0.15) is 109 Å². The molecule has 0 fully saturated rings. The molecule has 0 aliphatic heterocycles. The number of rotatable bonds is 10. The summed E-state index contributed by atoms with van der Waals surface area (Å²) < 4.78 is 4.05. The Morgan fingerprint density at radius 2 is 0.965 bits per heavy atom. The van der Waals surface area contributed by atoms with Crippen LogP contribution in [-0.4, -0.2) is 3.26 Å². The summed E-state index contributed by atoms with van der Waals surface area (Å²) in [5.74, 6) is 0. The number of aryl methyl sites for hydroxylation is 3. The predicted octanol–water partition coefficient (Wildman–Crippen LogP) is 14.5. The van der Waals surface area contributed by atoms with Gasteiger partial charge in [-0.2, -0.15) is 0 Å². The maximum absolute atomic E-state index is 2.79. The van der Waals surface area contributed by atoms with Crippen molar-refractivity contribution in [3.8, 4) is 11.1 Å². The van der Waals surface area contributed by atoms with Crippen LogP contribution >= 0.6 is 0 Å². The smallest absolute Gasteiger partial charge is 0.0238 e. The topological polar surface area (TPSA) is 0 Å². The van der Waals surface area contributed by atoms with E-state index in [0.29, 0.717) is 3.67 Å². The van der Waals surface area contributed by atoms with Crippen molar-refractivity contribution in [1.82, 2.24) is 0 Å². The average Bonchev–Trinajstić information content (AvgIpc) is 3.87. The first-order chi connectivity index (χ1) is 27.6. The molecule has 0 unspecified atom stereocenters. The maximum Gasteiger partial charge on any atom is -0.0238 e. The minimum absolute atomic E-state index is 0.117. The quantitative estimate of drug-likeness (QED) is 0.120. The fourth-order valence-electron chi connectivity index (χ4n) is 8.47. The van der Waals surface area contributed by atoms with Crippen LogP contribution in [0.4, 0.5) is 0 Å². The largest absolute Gasteiger partial charge is 0.0622 e. The molecule has 288 valence electrons. The van der Waals surface area contributed by atoms with E-state index in [1.807, 2.05) is 0 Å². The normalized spacial score (nSPS) is 14.0. The van der Waals surface area contributed by atoms with E-state index in [9.17, 15) is 0 Å². The van der Waals surface area contributed by atoms with Crippen molar-refractivity contribution in [2.75, 3.05) is 0 Å². The van der Waals surface area contributed by atoms with E-state index in [2.05, 4.69) is 217 Å². The van der Waals surface area contributed by atoms with Gasteiger partial charge in [0.25, 0.3) is 0 Å². The molecule has 2 aliphatic rings. The Kier molecular flexibility index (Phi) is 13.2. The van der Waals surface area contributed by atoms with Crippen LogP contribution in [0.5, 0.6) is 0 Å². The SMILES string of the molecule is CC(C)(C)c1ccc2c(c1)[CH](/[Hf]([C]1=CC=CC1)=[C](\CCCc1ccccc1)c1ccccc1)c1cc(C(C)(C)C)ccc1-2.c1ccc(CCc2ccccc2)cc1. The van der Waals surface area contributed by atoms with E-state index >= 15 is 0 Å². The minimum atomic E-state index is -2.79. The molecule has 0 radical (unpaired) electrons. The molecule has 0 saturated heterocycles. The summed E-state index contributed by atoms with van der Waals surface area (Å²) in [5, 5.41) is 0. The van der Waals surface area contributed by atoms with Gasteiger partial charge < -0.3 is 0 Å². The van der Waals surface area contributed by atoms with Crippen molar-refractivity contribution in [3.05, 3.63) is 224 Å². The van der Waals surface area contributed by atoms with Crippen LogP contribution in [0.25, 0.3) is 11.1 Å². The molecule has 57 heavy (non-hydrogen) atoms. The van der Waals surface area contributed by atoms with Crippen molar-refractivity contribution in [3.63, 3.8) is 0 Å². The third-order valence-electron chi connectivity index (χ3n) is 11.7. The molecule has 0 amide bonds. The fourth-order valence-corrected chi connectivity index (χ4v) is 21.9. The summed E-state index contributed by atoms with van der Waals surface area (Å²) >= 11 is -2.79.